The number of imide groups is 4. The fourth-order valence-electron chi connectivity index (χ4n) is 18.8. The first-order valence-electron chi connectivity index (χ1n) is 43.9. The minimum atomic E-state index is -1.50. The number of nitrogens with zero attached hydrogens (tertiary/aromatic N) is 11. The van der Waals surface area contributed by atoms with Gasteiger partial charge in [-0.2, -0.15) is 0 Å². The average Bonchev–Trinajstić information content (AvgIpc) is 1.61. The van der Waals surface area contributed by atoms with Crippen LogP contribution in [0.3, 0.4) is 0 Å². The van der Waals surface area contributed by atoms with Crippen LogP contribution >= 0.6 is 22.7 Å². The number of hydrogen-bond donors (Lipinski definition) is 8. The molecule has 38 heteroatoms. The first-order valence-corrected chi connectivity index (χ1v) is 45.6. The van der Waals surface area contributed by atoms with E-state index in [2.05, 4.69) is 78.7 Å². The van der Waals surface area contributed by atoms with Crippen LogP contribution in [0.5, 0.6) is 0 Å². The number of urea groups is 4. The smallest absolute Gasteiger partial charge is 0.322 e. The zero-order valence-electron chi connectivity index (χ0n) is 73.8. The van der Waals surface area contributed by atoms with Gasteiger partial charge in [0.1, 0.15) is 46.5 Å². The molecule has 4 atom stereocenters. The zero-order valence-corrected chi connectivity index (χ0v) is 75.4. The first kappa shape index (κ1) is 89.6. The number of pyridine rings is 1. The number of carbonyl (C=O) groups is 12. The van der Waals surface area contributed by atoms with E-state index in [9.17, 15) is 75.1 Å². The second kappa shape index (κ2) is 35.6. The minimum Gasteiger partial charge on any atom is -0.356 e. The number of benzene rings is 10. The lowest BCUT2D eigenvalue weighted by Crippen LogP contribution is -2.52. The monoisotopic (exact) mass is 1920 g/mol. The molecule has 0 spiro atoms. The largest absolute Gasteiger partial charge is 0.356 e. The summed E-state index contributed by atoms with van der Waals surface area (Å²) in [5.74, 6) is -5.24. The number of carbonyl (C=O) groups excluding carboxylic acids is 12. The number of aromatic nitrogens is 7. The number of aryl methyl sites for hydroxylation is 1. The van der Waals surface area contributed by atoms with Crippen LogP contribution < -0.4 is 42.5 Å². The predicted octanol–water partition coefficient (Wildman–Crippen LogP) is 13.8. The Balaban J connectivity index is 0.000000111. The number of nitrogens with one attached hydrogen (secondary N) is 8. The van der Waals surface area contributed by atoms with E-state index < -0.39 is 105 Å². The van der Waals surface area contributed by atoms with Crippen molar-refractivity contribution in [3.8, 4) is 66.0 Å². The van der Waals surface area contributed by atoms with E-state index in [1.54, 1.807) is 142 Å². The Morgan fingerprint density at radius 1 is 0.362 bits per heavy atom. The third-order valence-electron chi connectivity index (χ3n) is 25.9. The van der Waals surface area contributed by atoms with Crippen LogP contribution in [-0.4, -0.2) is 152 Å². The Bertz CT molecular complexity index is 7700. The fourth-order valence-corrected chi connectivity index (χ4v) is 20.5. The third-order valence-corrected chi connectivity index (χ3v) is 27.8. The lowest BCUT2D eigenvalue weighted by molar-refractivity contribution is -0.125. The molecule has 0 saturated carbocycles. The maximum atomic E-state index is 13.7. The first-order chi connectivity index (χ1) is 68.1. The van der Waals surface area contributed by atoms with Crippen molar-refractivity contribution in [1.82, 2.24) is 96.8 Å². The van der Waals surface area contributed by atoms with Crippen molar-refractivity contribution in [3.63, 3.8) is 0 Å². The SMILES string of the molecule is Cn1cnc2c(-c3ccc([C@@]4(CN5Cc6ccc(F)cc6C5=O)NC(=O)NC4=O)cc3)ncnc21.O=C1NC(=O)[C@@](CN2Cc3ccc(F)cc3C2=O)(c2ccc(-c3ccc4ncsc4c3)cc2)N1.O=C1NC(=O)[C@](CN2Cc3ccc(F)cc3C2=O)(c2ccc(-c3cc(-c4ccccc4)no3)cc2)N1.O=C1NC(=O)[C@](CN2Cc3ccc(F)cc3C2=O)(c2ccc(-c3ccc(-c4ccccn4)s3)cc2)N1. The summed E-state index contributed by atoms with van der Waals surface area (Å²) in [6.45, 7) is 0.479. The molecule has 16 aromatic rings. The highest BCUT2D eigenvalue weighted by Gasteiger charge is 2.55. The van der Waals surface area contributed by atoms with Crippen molar-refractivity contribution in [3.05, 3.63) is 369 Å². The predicted molar refractivity (Wildman–Crippen MR) is 505 cm³/mol. The van der Waals surface area contributed by atoms with Crippen molar-refractivity contribution < 1.29 is 79.6 Å². The van der Waals surface area contributed by atoms with E-state index in [-0.39, 0.29) is 86.4 Å². The van der Waals surface area contributed by atoms with Gasteiger partial charge in [-0.25, -0.2) is 56.7 Å². The van der Waals surface area contributed by atoms with Gasteiger partial charge >= 0.3 is 24.1 Å². The van der Waals surface area contributed by atoms with Crippen molar-refractivity contribution in [2.24, 2.45) is 7.05 Å². The fraction of sp³-hybridized carbons (Fsp3) is 0.126. The van der Waals surface area contributed by atoms with Gasteiger partial charge in [0, 0.05) is 89.3 Å². The molecule has 0 aliphatic carbocycles. The summed E-state index contributed by atoms with van der Waals surface area (Å²) in [5.41, 5.74) is 11.5. The van der Waals surface area contributed by atoms with Crippen LogP contribution in [-0.2, 0) is 74.6 Å². The van der Waals surface area contributed by atoms with E-state index in [1.165, 1.54) is 74.5 Å². The zero-order chi connectivity index (χ0) is 97.5. The van der Waals surface area contributed by atoms with Crippen LogP contribution in [0, 0.1) is 23.3 Å². The summed E-state index contributed by atoms with van der Waals surface area (Å²) in [6.07, 6.45) is 4.87. The molecule has 0 bridgehead atoms. The molecule has 16 amide bonds. The van der Waals surface area contributed by atoms with Gasteiger partial charge in [-0.05, 0) is 146 Å². The Morgan fingerprint density at radius 3 is 1.18 bits per heavy atom. The Kier molecular flexibility index (Phi) is 22.6. The number of hydrogen-bond acceptors (Lipinski definition) is 21. The number of fused-ring (bicyclic) bond motifs is 6. The Hall–Kier alpha value is -17.9. The van der Waals surface area contributed by atoms with Gasteiger partial charge < -0.3 is 50.0 Å². The molecule has 4 saturated heterocycles. The number of thiophene rings is 1. The highest BCUT2D eigenvalue weighted by Crippen LogP contribution is 2.42. The lowest BCUT2D eigenvalue weighted by atomic mass is 9.88. The standard InChI is InChI=1S/C27H19FN4O4.C27H19FN4O3S.C25H17FN4O3S.C24H18FN7O3/c28-20-11-8-18-14-32(24(33)21(18)12-20)15-27(25(34)29-26(35)30-27)19-9-6-17(7-10-19)23-13-22(31-36-23)16-4-2-1-3-5-16;28-19-9-6-17-14-32(24(33)20(17)13-19)15-27(25(34)30-26(35)31-27)18-7-4-16(5-8-18)22-10-11-23(36-22)21-3-1-2-12-29-21;26-18-7-3-16-11-30(22(31)19(16)10-18)12-25(23(32)28-24(33)29-25)17-5-1-14(2-6-17)15-4-8-20-21(9-15)34-13-27-20;1-31-12-28-19-18(26-11-27-20(19)31)13-2-5-15(6-3-13)24(22(34)29-23(35)30-24)10-32-9-14-4-7-16(25)8-17(14)21(32)33/h1-13H,14-15H2,(H2,29,30,34,35);1-13H,14-15H2,(H2,30,31,34,35);1-10,13H,11-12H2,(H2,28,29,32,33);2-8,11-12H,9-10H2,1H3,(H2,29,30,34,35)/t2*27-;25-;24-/m0011/s1. The topological polar surface area (TPSA) is 409 Å². The number of halogens is 4. The number of rotatable bonds is 18. The highest BCUT2D eigenvalue weighted by molar-refractivity contribution is 7.18. The van der Waals surface area contributed by atoms with Crippen LogP contribution in [0.2, 0.25) is 0 Å². The van der Waals surface area contributed by atoms with Crippen molar-refractivity contribution in [1.29, 1.82) is 0 Å². The second-order valence-corrected chi connectivity index (χ2v) is 36.5. The summed E-state index contributed by atoms with van der Waals surface area (Å²) >= 11 is 3.16. The molecule has 698 valence electrons. The number of amides is 16. The van der Waals surface area contributed by atoms with Crippen LogP contribution in [0.15, 0.2) is 284 Å². The van der Waals surface area contributed by atoms with Gasteiger partial charge in [0.05, 0.1) is 58.8 Å². The van der Waals surface area contributed by atoms with Gasteiger partial charge in [0.25, 0.3) is 47.3 Å². The molecule has 24 rings (SSSR count). The molecule has 4 fully saturated rings. The summed E-state index contributed by atoms with van der Waals surface area (Å²) in [4.78, 5) is 182. The Labute approximate surface area is 803 Å². The van der Waals surface area contributed by atoms with Crippen LogP contribution in [0.4, 0.5) is 36.7 Å². The molecule has 0 unspecified atom stereocenters. The molecule has 8 N–H and O–H groups in total. The molecule has 10 aromatic carbocycles. The van der Waals surface area contributed by atoms with Crippen molar-refractivity contribution >= 4 is 115 Å². The molecule has 14 heterocycles. The van der Waals surface area contributed by atoms with Crippen LogP contribution in [0.25, 0.3) is 87.4 Å². The van der Waals surface area contributed by atoms with Crippen molar-refractivity contribution in [2.45, 2.75) is 48.3 Å². The van der Waals surface area contributed by atoms with E-state index in [1.807, 2.05) is 110 Å². The van der Waals surface area contributed by atoms with E-state index in [0.717, 1.165) is 59.0 Å². The van der Waals surface area contributed by atoms with Gasteiger partial charge in [-0.15, -0.1) is 22.7 Å². The van der Waals surface area contributed by atoms with Gasteiger partial charge in [-0.3, -0.25) is 64.6 Å². The summed E-state index contributed by atoms with van der Waals surface area (Å²) in [7, 11) is 1.84. The van der Waals surface area contributed by atoms with Gasteiger partial charge in [0.2, 0.25) is 0 Å². The molecule has 8 aliphatic heterocycles. The second-order valence-electron chi connectivity index (χ2n) is 34.5. The summed E-state index contributed by atoms with van der Waals surface area (Å²) < 4.78 is 63.1. The van der Waals surface area contributed by atoms with E-state index in [4.69, 9.17) is 4.52 Å². The van der Waals surface area contributed by atoms with Gasteiger partial charge in [-0.1, -0.05) is 169 Å². The van der Waals surface area contributed by atoms with Crippen molar-refractivity contribution in [2.75, 3.05) is 26.2 Å². The maximum Gasteiger partial charge on any atom is 0.322 e. The molecular formula is C103H73F4N19O13S2. The van der Waals surface area contributed by atoms with Crippen LogP contribution in [0.1, 0.15) is 85.9 Å². The lowest BCUT2D eigenvalue weighted by Gasteiger charge is -2.31. The molecule has 8 aliphatic rings. The Morgan fingerprint density at radius 2 is 0.766 bits per heavy atom. The molecular weight excluding hydrogens is 1850 g/mol. The van der Waals surface area contributed by atoms with E-state index >= 15 is 0 Å². The quantitative estimate of drug-likeness (QED) is 0.0292. The molecule has 141 heavy (non-hydrogen) atoms. The molecule has 32 nitrogen and oxygen atoms in total. The summed E-state index contributed by atoms with van der Waals surface area (Å²) in [6, 6.07) is 69.5. The molecule has 0 radical (unpaired) electrons. The number of thiazole rings is 1. The minimum absolute atomic E-state index is 0.0775. The molecule has 6 aromatic heterocycles. The normalized spacial score (nSPS) is 19.1. The summed E-state index contributed by atoms with van der Waals surface area (Å²) in [5, 5.41) is 24.1. The highest BCUT2D eigenvalue weighted by atomic mass is 32.1. The maximum absolute atomic E-state index is 13.7. The number of imidazole rings is 1. The average molecular weight is 1920 g/mol. The third kappa shape index (κ3) is 16.5. The van der Waals surface area contributed by atoms with E-state index in [0.29, 0.717) is 72.8 Å². The van der Waals surface area contributed by atoms with Gasteiger partial charge in [0.15, 0.2) is 33.6 Å².